The van der Waals surface area contributed by atoms with Gasteiger partial charge >= 0.3 is 5.97 Å². The van der Waals surface area contributed by atoms with E-state index >= 15 is 0 Å². The predicted molar refractivity (Wildman–Crippen MR) is 135 cm³/mol. The number of aromatic nitrogens is 1. The summed E-state index contributed by atoms with van der Waals surface area (Å²) in [5.74, 6) is 0.255. The second-order valence-electron chi connectivity index (χ2n) is 8.41. The number of β-amino-alcohol motifs (C(OH)–C–C–N with tert-alkyl or cyclic N) is 1. The Balaban J connectivity index is 0.00000324. The molecule has 0 saturated carbocycles. The van der Waals surface area contributed by atoms with Gasteiger partial charge in [-0.3, -0.25) is 4.90 Å². The normalized spacial score (nSPS) is 15.1. The lowest BCUT2D eigenvalue weighted by atomic mass is 10.1. The molecule has 1 saturated heterocycles. The van der Waals surface area contributed by atoms with Crippen molar-refractivity contribution in [2.24, 2.45) is 0 Å². The third kappa shape index (κ3) is 5.73. The number of hydrogen-bond donors (Lipinski definition) is 1. The van der Waals surface area contributed by atoms with E-state index in [4.69, 9.17) is 14.2 Å². The van der Waals surface area contributed by atoms with Crippen molar-refractivity contribution in [2.75, 3.05) is 46.1 Å². The molecule has 1 unspecified atom stereocenters. The van der Waals surface area contributed by atoms with Crippen molar-refractivity contribution in [3.8, 4) is 11.4 Å². The zero-order chi connectivity index (χ0) is 23.4. The lowest BCUT2D eigenvalue weighted by Crippen LogP contribution is -2.42. The maximum Gasteiger partial charge on any atom is 0.340 e. The molecular formula is C26H33ClN2O5. The van der Waals surface area contributed by atoms with E-state index in [0.717, 1.165) is 35.4 Å². The molecule has 0 amide bonds. The van der Waals surface area contributed by atoms with Crippen LogP contribution in [0.3, 0.4) is 0 Å². The van der Waals surface area contributed by atoms with Crippen LogP contribution in [0.1, 0.15) is 28.5 Å². The summed E-state index contributed by atoms with van der Waals surface area (Å²) in [5, 5.41) is 11.2. The number of fused-ring (bicyclic) bond motifs is 1. The predicted octanol–water partition coefficient (Wildman–Crippen LogP) is 3.92. The van der Waals surface area contributed by atoms with Gasteiger partial charge in [0.25, 0.3) is 0 Å². The molecule has 8 heteroatoms. The standard InChI is InChI=1S/C26H32N2O5.ClH/c1-4-32-26(30)25-19(3)28(20-7-5-18(2)6-8-20)24-10-9-22(15-23(24)25)33-17-21(29)16-27-11-13-31-14-12-27;/h5-10,15,21,29H,4,11-14,16-17H2,1-3H3;1H. The number of morpholine rings is 1. The third-order valence-electron chi connectivity index (χ3n) is 5.96. The van der Waals surface area contributed by atoms with E-state index in [-0.39, 0.29) is 25.0 Å². The van der Waals surface area contributed by atoms with Gasteiger partial charge in [0.2, 0.25) is 0 Å². The van der Waals surface area contributed by atoms with E-state index < -0.39 is 6.10 Å². The Morgan fingerprint density at radius 2 is 1.82 bits per heavy atom. The van der Waals surface area contributed by atoms with Gasteiger partial charge in [-0.2, -0.15) is 0 Å². The van der Waals surface area contributed by atoms with Gasteiger partial charge in [0.1, 0.15) is 18.5 Å². The van der Waals surface area contributed by atoms with Crippen LogP contribution in [0.25, 0.3) is 16.6 Å². The number of carbonyl (C=O) groups is 1. The SMILES string of the molecule is CCOC(=O)c1c(C)n(-c2ccc(C)cc2)c2ccc(OCC(O)CN3CCOCC3)cc12.Cl. The molecule has 1 N–H and O–H groups in total. The first kappa shape index (κ1) is 26.0. The Bertz CT molecular complexity index is 1110. The molecule has 1 aliphatic rings. The van der Waals surface area contributed by atoms with Gasteiger partial charge in [0.05, 0.1) is 30.9 Å². The van der Waals surface area contributed by atoms with Gasteiger partial charge in [-0.05, 0) is 51.1 Å². The lowest BCUT2D eigenvalue weighted by Gasteiger charge is -2.28. The highest BCUT2D eigenvalue weighted by Gasteiger charge is 2.23. The molecule has 4 rings (SSSR count). The van der Waals surface area contributed by atoms with Crippen LogP contribution in [0.2, 0.25) is 0 Å². The molecule has 1 fully saturated rings. The van der Waals surface area contributed by atoms with E-state index in [1.165, 1.54) is 5.56 Å². The van der Waals surface area contributed by atoms with E-state index in [2.05, 4.69) is 21.6 Å². The number of esters is 1. The first-order valence-electron chi connectivity index (χ1n) is 11.5. The van der Waals surface area contributed by atoms with Crippen LogP contribution in [-0.2, 0) is 9.47 Å². The van der Waals surface area contributed by atoms with E-state index in [0.29, 0.717) is 37.7 Å². The number of rotatable bonds is 8. The number of hydrogen-bond acceptors (Lipinski definition) is 6. The topological polar surface area (TPSA) is 73.2 Å². The zero-order valence-corrected chi connectivity index (χ0v) is 20.8. The Morgan fingerprint density at radius 3 is 2.50 bits per heavy atom. The van der Waals surface area contributed by atoms with Crippen LogP contribution < -0.4 is 4.74 Å². The minimum atomic E-state index is -0.609. The van der Waals surface area contributed by atoms with E-state index in [1.807, 2.05) is 44.2 Å². The van der Waals surface area contributed by atoms with Crippen LogP contribution in [0.5, 0.6) is 5.75 Å². The average Bonchev–Trinajstić information content (AvgIpc) is 3.10. The van der Waals surface area contributed by atoms with Gasteiger partial charge < -0.3 is 23.9 Å². The molecule has 1 aromatic heterocycles. The highest BCUT2D eigenvalue weighted by atomic mass is 35.5. The first-order valence-corrected chi connectivity index (χ1v) is 11.5. The van der Waals surface area contributed by atoms with Crippen LogP contribution in [0.15, 0.2) is 42.5 Å². The summed E-state index contributed by atoms with van der Waals surface area (Å²) in [7, 11) is 0. The van der Waals surface area contributed by atoms with Gasteiger partial charge in [-0.15, -0.1) is 12.4 Å². The van der Waals surface area contributed by atoms with Crippen molar-refractivity contribution < 1.29 is 24.1 Å². The fourth-order valence-electron chi connectivity index (χ4n) is 4.30. The van der Waals surface area contributed by atoms with Gasteiger partial charge in [-0.1, -0.05) is 17.7 Å². The van der Waals surface area contributed by atoms with Crippen molar-refractivity contribution in [3.05, 3.63) is 59.3 Å². The Morgan fingerprint density at radius 1 is 1.12 bits per heavy atom. The minimum absolute atomic E-state index is 0. The molecule has 0 aliphatic carbocycles. The molecule has 2 heterocycles. The van der Waals surface area contributed by atoms with Crippen molar-refractivity contribution in [3.63, 3.8) is 0 Å². The largest absolute Gasteiger partial charge is 0.491 e. The van der Waals surface area contributed by atoms with Gasteiger partial charge in [0, 0.05) is 36.4 Å². The summed E-state index contributed by atoms with van der Waals surface area (Å²) < 4.78 is 18.7. The highest BCUT2D eigenvalue weighted by molar-refractivity contribution is 6.07. The average molecular weight is 489 g/mol. The number of halogens is 1. The molecule has 0 spiro atoms. The van der Waals surface area contributed by atoms with Gasteiger partial charge in [0.15, 0.2) is 0 Å². The van der Waals surface area contributed by atoms with E-state index in [1.54, 1.807) is 6.92 Å². The Kier molecular flexibility index (Phi) is 8.97. The van der Waals surface area contributed by atoms with Crippen molar-refractivity contribution in [2.45, 2.75) is 26.9 Å². The first-order chi connectivity index (χ1) is 16.0. The number of ether oxygens (including phenoxy) is 3. The van der Waals surface area contributed by atoms with Crippen LogP contribution in [0, 0.1) is 13.8 Å². The summed E-state index contributed by atoms with van der Waals surface area (Å²) in [6, 6.07) is 13.9. The van der Waals surface area contributed by atoms with Gasteiger partial charge in [-0.25, -0.2) is 4.79 Å². The second kappa shape index (κ2) is 11.7. The maximum atomic E-state index is 12.8. The summed E-state index contributed by atoms with van der Waals surface area (Å²) >= 11 is 0. The van der Waals surface area contributed by atoms with Crippen LogP contribution in [-0.4, -0.2) is 72.7 Å². The molecule has 0 bridgehead atoms. The quantitative estimate of drug-likeness (QED) is 0.484. The van der Waals surface area contributed by atoms with Crippen molar-refractivity contribution in [1.82, 2.24) is 9.47 Å². The smallest absolute Gasteiger partial charge is 0.340 e. The summed E-state index contributed by atoms with van der Waals surface area (Å²) in [6.45, 7) is 9.82. The maximum absolute atomic E-state index is 12.8. The Hall–Kier alpha value is -2.58. The molecule has 2 aromatic carbocycles. The van der Waals surface area contributed by atoms with Crippen molar-refractivity contribution >= 4 is 29.3 Å². The Labute approximate surface area is 206 Å². The fourth-order valence-corrected chi connectivity index (χ4v) is 4.30. The number of aryl methyl sites for hydroxylation is 1. The molecule has 34 heavy (non-hydrogen) atoms. The summed E-state index contributed by atoms with van der Waals surface area (Å²) in [5.41, 5.74) is 4.40. The van der Waals surface area contributed by atoms with Crippen LogP contribution in [0.4, 0.5) is 0 Å². The number of carbonyl (C=O) groups excluding carboxylic acids is 1. The number of nitrogens with zero attached hydrogens (tertiary/aromatic N) is 2. The minimum Gasteiger partial charge on any atom is -0.491 e. The fraction of sp³-hybridized carbons (Fsp3) is 0.423. The molecular weight excluding hydrogens is 456 g/mol. The summed E-state index contributed by atoms with van der Waals surface area (Å²) in [4.78, 5) is 15.0. The van der Waals surface area contributed by atoms with Crippen molar-refractivity contribution in [1.29, 1.82) is 0 Å². The van der Waals surface area contributed by atoms with Crippen LogP contribution >= 0.6 is 12.4 Å². The molecule has 0 radical (unpaired) electrons. The molecule has 184 valence electrons. The third-order valence-corrected chi connectivity index (χ3v) is 5.96. The second-order valence-corrected chi connectivity index (χ2v) is 8.41. The zero-order valence-electron chi connectivity index (χ0n) is 20.0. The molecule has 7 nitrogen and oxygen atoms in total. The molecule has 3 aromatic rings. The summed E-state index contributed by atoms with van der Waals surface area (Å²) in [6.07, 6.45) is -0.609. The number of benzene rings is 2. The molecule has 1 atom stereocenters. The highest BCUT2D eigenvalue weighted by Crippen LogP contribution is 2.32. The number of aliphatic hydroxyl groups is 1. The molecule has 1 aliphatic heterocycles. The lowest BCUT2D eigenvalue weighted by molar-refractivity contribution is 0.00466. The number of aliphatic hydroxyl groups excluding tert-OH is 1. The monoisotopic (exact) mass is 488 g/mol. The van der Waals surface area contributed by atoms with E-state index in [9.17, 15) is 9.90 Å².